The predicted octanol–water partition coefficient (Wildman–Crippen LogP) is 0.255. The van der Waals surface area contributed by atoms with Crippen molar-refractivity contribution < 1.29 is 14.6 Å². The van der Waals surface area contributed by atoms with Crippen molar-refractivity contribution in [2.75, 3.05) is 0 Å². The van der Waals surface area contributed by atoms with Crippen LogP contribution in [0.3, 0.4) is 0 Å². The number of aromatic nitrogens is 3. The second-order valence-corrected chi connectivity index (χ2v) is 3.42. The van der Waals surface area contributed by atoms with Gasteiger partial charge in [-0.1, -0.05) is 12.1 Å². The minimum atomic E-state index is -2.10. The van der Waals surface area contributed by atoms with E-state index in [1.165, 1.54) is 29.5 Å². The largest absolute Gasteiger partial charge is 0.360 e. The van der Waals surface area contributed by atoms with Crippen molar-refractivity contribution in [3.8, 4) is 0 Å². The molecule has 2 N–H and O–H groups in total. The van der Waals surface area contributed by atoms with Crippen LogP contribution in [-0.4, -0.2) is 25.0 Å². The van der Waals surface area contributed by atoms with Crippen LogP contribution in [0.1, 0.15) is 5.56 Å². The molecule has 0 unspecified atom stereocenters. The van der Waals surface area contributed by atoms with E-state index in [9.17, 15) is 14.6 Å². The lowest BCUT2D eigenvalue weighted by Crippen LogP contribution is -2.31. The van der Waals surface area contributed by atoms with Crippen LogP contribution in [0.15, 0.2) is 36.9 Å². The first-order chi connectivity index (χ1) is 7.58. The molecule has 1 heterocycles. The van der Waals surface area contributed by atoms with E-state index in [1.807, 2.05) is 0 Å². The second kappa shape index (κ2) is 3.99. The number of hydrogen-bond acceptors (Lipinski definition) is 4. The molecule has 0 radical (unpaired) electrons. The van der Waals surface area contributed by atoms with Gasteiger partial charge in [-0.15, -0.1) is 0 Å². The Morgan fingerprint density at radius 2 is 1.94 bits per heavy atom. The van der Waals surface area contributed by atoms with Crippen LogP contribution in [0.5, 0.6) is 0 Å². The minimum Gasteiger partial charge on any atom is -0.360 e. The Kier molecular flexibility index (Phi) is 2.67. The summed E-state index contributed by atoms with van der Waals surface area (Å²) in [5.41, 5.74) is 0.199. The maximum absolute atomic E-state index is 12.7. The van der Waals surface area contributed by atoms with Gasteiger partial charge in [0.25, 0.3) is 0 Å². The summed E-state index contributed by atoms with van der Waals surface area (Å²) in [5, 5.41) is 23.3. The highest BCUT2D eigenvalue weighted by atomic mass is 19.1. The Labute approximate surface area is 90.8 Å². The zero-order chi connectivity index (χ0) is 11.6. The average molecular weight is 223 g/mol. The van der Waals surface area contributed by atoms with Gasteiger partial charge < -0.3 is 10.2 Å². The topological polar surface area (TPSA) is 71.2 Å². The molecule has 0 spiro atoms. The van der Waals surface area contributed by atoms with E-state index in [0.717, 1.165) is 12.1 Å². The Bertz CT molecular complexity index is 453. The van der Waals surface area contributed by atoms with E-state index < -0.39 is 11.6 Å². The lowest BCUT2D eigenvalue weighted by Gasteiger charge is -2.21. The number of aliphatic hydroxyl groups is 2. The lowest BCUT2D eigenvalue weighted by atomic mass is 10.1. The van der Waals surface area contributed by atoms with Gasteiger partial charge in [0.05, 0.1) is 0 Å². The van der Waals surface area contributed by atoms with E-state index >= 15 is 0 Å². The Morgan fingerprint density at radius 1 is 1.25 bits per heavy atom. The molecule has 16 heavy (non-hydrogen) atoms. The fourth-order valence-electron chi connectivity index (χ4n) is 1.35. The summed E-state index contributed by atoms with van der Waals surface area (Å²) in [5.74, 6) is -2.53. The molecule has 84 valence electrons. The van der Waals surface area contributed by atoms with Crippen LogP contribution in [-0.2, 0) is 12.3 Å². The van der Waals surface area contributed by atoms with E-state index in [1.54, 1.807) is 0 Å². The van der Waals surface area contributed by atoms with Crippen molar-refractivity contribution in [1.82, 2.24) is 14.8 Å². The number of nitrogens with zero attached hydrogens (tertiary/aromatic N) is 3. The minimum absolute atomic E-state index is 0.168. The number of halogens is 1. The molecule has 2 aromatic rings. The maximum atomic E-state index is 12.7. The lowest BCUT2D eigenvalue weighted by molar-refractivity contribution is -0.181. The van der Waals surface area contributed by atoms with Gasteiger partial charge in [0.2, 0.25) is 5.79 Å². The number of benzene rings is 1. The normalized spacial score (nSPS) is 11.7. The molecule has 0 aliphatic rings. The molecule has 2 rings (SSSR count). The molecule has 1 aromatic carbocycles. The first-order valence-corrected chi connectivity index (χ1v) is 4.61. The monoisotopic (exact) mass is 223 g/mol. The van der Waals surface area contributed by atoms with E-state index in [4.69, 9.17) is 0 Å². The van der Waals surface area contributed by atoms with Gasteiger partial charge in [-0.2, -0.15) is 5.10 Å². The Hall–Kier alpha value is -1.79. The molecule has 0 atom stereocenters. The van der Waals surface area contributed by atoms with Crippen molar-refractivity contribution in [3.63, 3.8) is 0 Å². The molecule has 6 heteroatoms. The van der Waals surface area contributed by atoms with Gasteiger partial charge in [-0.25, -0.2) is 14.1 Å². The second-order valence-electron chi connectivity index (χ2n) is 3.42. The van der Waals surface area contributed by atoms with Crippen molar-refractivity contribution in [1.29, 1.82) is 0 Å². The summed E-state index contributed by atoms with van der Waals surface area (Å²) < 4.78 is 13.9. The predicted molar refractivity (Wildman–Crippen MR) is 52.5 cm³/mol. The summed E-state index contributed by atoms with van der Waals surface area (Å²) >= 11 is 0. The first kappa shape index (κ1) is 10.7. The van der Waals surface area contributed by atoms with Crippen LogP contribution >= 0.6 is 0 Å². The highest BCUT2D eigenvalue weighted by Gasteiger charge is 2.26. The molecule has 0 aliphatic carbocycles. The van der Waals surface area contributed by atoms with Gasteiger partial charge in [0, 0.05) is 5.56 Å². The standard InChI is InChI=1S/C10H10FN3O2/c11-9-3-1-8(2-4-9)10(15,16)5-14-7-12-6-13-14/h1-4,6-7,15-16H,5H2. The average Bonchev–Trinajstić information content (AvgIpc) is 2.70. The maximum Gasteiger partial charge on any atom is 0.210 e. The summed E-state index contributed by atoms with van der Waals surface area (Å²) in [6.07, 6.45) is 2.66. The first-order valence-electron chi connectivity index (χ1n) is 4.61. The summed E-state index contributed by atoms with van der Waals surface area (Å²) in [6.45, 7) is -0.168. The molecule has 0 amide bonds. The quantitative estimate of drug-likeness (QED) is 0.732. The zero-order valence-electron chi connectivity index (χ0n) is 8.29. The SMILES string of the molecule is OC(O)(Cn1cncn1)c1ccc(F)cc1. The molecular formula is C10H10FN3O2. The van der Waals surface area contributed by atoms with Crippen molar-refractivity contribution in [2.45, 2.75) is 12.3 Å². The fourth-order valence-corrected chi connectivity index (χ4v) is 1.35. The van der Waals surface area contributed by atoms with Gasteiger partial charge in [-0.3, -0.25) is 0 Å². The van der Waals surface area contributed by atoms with Gasteiger partial charge >= 0.3 is 0 Å². The van der Waals surface area contributed by atoms with E-state index in [2.05, 4.69) is 10.1 Å². The third-order valence-electron chi connectivity index (χ3n) is 2.16. The van der Waals surface area contributed by atoms with Gasteiger partial charge in [0.1, 0.15) is 25.0 Å². The highest BCUT2D eigenvalue weighted by Crippen LogP contribution is 2.19. The molecule has 0 saturated heterocycles. The highest BCUT2D eigenvalue weighted by molar-refractivity contribution is 5.20. The fraction of sp³-hybridized carbons (Fsp3) is 0.200. The van der Waals surface area contributed by atoms with Gasteiger partial charge in [0.15, 0.2) is 0 Å². The van der Waals surface area contributed by atoms with E-state index in [-0.39, 0.29) is 12.1 Å². The van der Waals surface area contributed by atoms with Crippen molar-refractivity contribution in [2.24, 2.45) is 0 Å². The zero-order valence-corrected chi connectivity index (χ0v) is 8.29. The molecule has 0 saturated carbocycles. The Balaban J connectivity index is 2.21. The van der Waals surface area contributed by atoms with Crippen molar-refractivity contribution in [3.05, 3.63) is 48.3 Å². The summed E-state index contributed by atoms with van der Waals surface area (Å²) in [6, 6.07) is 4.95. The Morgan fingerprint density at radius 3 is 2.50 bits per heavy atom. The third-order valence-corrected chi connectivity index (χ3v) is 2.16. The molecule has 5 nitrogen and oxygen atoms in total. The van der Waals surface area contributed by atoms with Crippen LogP contribution in [0.4, 0.5) is 4.39 Å². The van der Waals surface area contributed by atoms with Crippen LogP contribution in [0.25, 0.3) is 0 Å². The molecule has 0 bridgehead atoms. The smallest absolute Gasteiger partial charge is 0.210 e. The summed E-state index contributed by atoms with van der Waals surface area (Å²) in [7, 11) is 0. The molecule has 0 fully saturated rings. The number of hydrogen-bond donors (Lipinski definition) is 2. The van der Waals surface area contributed by atoms with Gasteiger partial charge in [-0.05, 0) is 12.1 Å². The summed E-state index contributed by atoms with van der Waals surface area (Å²) in [4.78, 5) is 3.68. The number of rotatable bonds is 3. The van der Waals surface area contributed by atoms with Crippen LogP contribution < -0.4 is 0 Å². The molecule has 1 aromatic heterocycles. The van der Waals surface area contributed by atoms with Crippen molar-refractivity contribution >= 4 is 0 Å². The van der Waals surface area contributed by atoms with E-state index in [0.29, 0.717) is 0 Å². The van der Waals surface area contributed by atoms with Crippen LogP contribution in [0.2, 0.25) is 0 Å². The third kappa shape index (κ3) is 2.23. The molecular weight excluding hydrogens is 213 g/mol. The van der Waals surface area contributed by atoms with Crippen LogP contribution in [0, 0.1) is 5.82 Å². The molecule has 0 aliphatic heterocycles.